The lowest BCUT2D eigenvalue weighted by atomic mass is 9.73. The van der Waals surface area contributed by atoms with Crippen molar-refractivity contribution < 1.29 is 9.47 Å². The third-order valence-electron chi connectivity index (χ3n) is 6.56. The number of ether oxygens (including phenoxy) is 2. The molecule has 0 unspecified atom stereocenters. The SMILES string of the molecule is COc1ccc(-c2c(N)nc(N3CCC4(CC3)CO[C@@H](C)[C@H]4N)n(C)c2=O)cc1. The number of rotatable bonds is 3. The Morgan fingerprint density at radius 1 is 1.24 bits per heavy atom. The van der Waals surface area contributed by atoms with Gasteiger partial charge in [0.15, 0.2) is 0 Å². The summed E-state index contributed by atoms with van der Waals surface area (Å²) in [5.74, 6) is 1.56. The molecule has 0 aliphatic carbocycles. The zero-order valence-corrected chi connectivity index (χ0v) is 17.2. The van der Waals surface area contributed by atoms with E-state index in [2.05, 4.69) is 9.88 Å². The molecule has 8 nitrogen and oxygen atoms in total. The van der Waals surface area contributed by atoms with Gasteiger partial charge in [0.2, 0.25) is 5.95 Å². The molecule has 0 amide bonds. The van der Waals surface area contributed by atoms with E-state index in [1.54, 1.807) is 30.9 Å². The summed E-state index contributed by atoms with van der Waals surface area (Å²) in [6.45, 7) is 4.28. The first kappa shape index (κ1) is 19.7. The van der Waals surface area contributed by atoms with Crippen LogP contribution in [0.4, 0.5) is 11.8 Å². The minimum absolute atomic E-state index is 0.0172. The number of aromatic nitrogens is 2. The van der Waals surface area contributed by atoms with Crippen LogP contribution in [-0.4, -0.2) is 48.5 Å². The normalized spacial score (nSPS) is 23.5. The van der Waals surface area contributed by atoms with Gasteiger partial charge in [-0.2, -0.15) is 4.98 Å². The molecule has 0 bridgehead atoms. The van der Waals surface area contributed by atoms with Gasteiger partial charge in [0.25, 0.3) is 5.56 Å². The Bertz CT molecular complexity index is 948. The van der Waals surface area contributed by atoms with Gasteiger partial charge in [-0.15, -0.1) is 0 Å². The maximum absolute atomic E-state index is 13.1. The van der Waals surface area contributed by atoms with E-state index in [9.17, 15) is 4.79 Å². The van der Waals surface area contributed by atoms with E-state index in [1.165, 1.54) is 0 Å². The number of hydrogen-bond donors (Lipinski definition) is 2. The molecule has 1 aromatic heterocycles. The summed E-state index contributed by atoms with van der Waals surface area (Å²) in [7, 11) is 3.35. The summed E-state index contributed by atoms with van der Waals surface area (Å²) in [6, 6.07) is 7.30. The summed E-state index contributed by atoms with van der Waals surface area (Å²) in [5.41, 5.74) is 13.6. The van der Waals surface area contributed by atoms with Gasteiger partial charge in [-0.3, -0.25) is 9.36 Å². The minimum Gasteiger partial charge on any atom is -0.497 e. The number of methoxy groups -OCH3 is 1. The summed E-state index contributed by atoms with van der Waals surface area (Å²) >= 11 is 0. The first-order chi connectivity index (χ1) is 13.9. The van der Waals surface area contributed by atoms with Crippen molar-refractivity contribution in [1.29, 1.82) is 0 Å². The van der Waals surface area contributed by atoms with Crippen molar-refractivity contribution >= 4 is 11.8 Å². The number of nitrogens with zero attached hydrogens (tertiary/aromatic N) is 3. The molecule has 2 aliphatic heterocycles. The number of hydrogen-bond acceptors (Lipinski definition) is 7. The van der Waals surface area contributed by atoms with E-state index < -0.39 is 0 Å². The van der Waals surface area contributed by atoms with E-state index in [0.717, 1.165) is 37.2 Å². The van der Waals surface area contributed by atoms with Gasteiger partial charge in [-0.05, 0) is 37.5 Å². The number of nitrogen functional groups attached to an aromatic ring is 1. The van der Waals surface area contributed by atoms with Gasteiger partial charge in [-0.25, -0.2) is 0 Å². The molecular weight excluding hydrogens is 370 g/mol. The molecule has 2 fully saturated rings. The molecule has 2 atom stereocenters. The van der Waals surface area contributed by atoms with E-state index in [-0.39, 0.29) is 28.9 Å². The van der Waals surface area contributed by atoms with E-state index in [0.29, 0.717) is 18.1 Å². The van der Waals surface area contributed by atoms with Crippen LogP contribution in [0.15, 0.2) is 29.1 Å². The molecule has 1 spiro atoms. The summed E-state index contributed by atoms with van der Waals surface area (Å²) < 4.78 is 12.6. The predicted octanol–water partition coefficient (Wildman–Crippen LogP) is 1.37. The highest BCUT2D eigenvalue weighted by Crippen LogP contribution is 2.41. The van der Waals surface area contributed by atoms with Crippen molar-refractivity contribution in [3.05, 3.63) is 34.6 Å². The van der Waals surface area contributed by atoms with Crippen LogP contribution in [0.25, 0.3) is 11.1 Å². The van der Waals surface area contributed by atoms with Gasteiger partial charge < -0.3 is 25.8 Å². The molecule has 4 rings (SSSR count). The van der Waals surface area contributed by atoms with Crippen molar-refractivity contribution in [1.82, 2.24) is 9.55 Å². The topological polar surface area (TPSA) is 109 Å². The highest BCUT2D eigenvalue weighted by atomic mass is 16.5. The Labute approximate surface area is 170 Å². The molecular formula is C21H29N5O3. The van der Waals surface area contributed by atoms with E-state index in [1.807, 2.05) is 19.1 Å². The van der Waals surface area contributed by atoms with Gasteiger partial charge in [0.1, 0.15) is 11.6 Å². The maximum Gasteiger partial charge on any atom is 0.264 e. The summed E-state index contributed by atoms with van der Waals surface area (Å²) in [4.78, 5) is 19.8. The molecule has 1 aromatic carbocycles. The van der Waals surface area contributed by atoms with E-state index in [4.69, 9.17) is 20.9 Å². The average molecular weight is 399 g/mol. The maximum atomic E-state index is 13.1. The summed E-state index contributed by atoms with van der Waals surface area (Å²) in [5, 5.41) is 0. The molecule has 29 heavy (non-hydrogen) atoms. The molecule has 0 saturated carbocycles. The van der Waals surface area contributed by atoms with Crippen LogP contribution >= 0.6 is 0 Å². The molecule has 4 N–H and O–H groups in total. The van der Waals surface area contributed by atoms with Gasteiger partial charge in [0.05, 0.1) is 25.4 Å². The molecule has 8 heteroatoms. The second-order valence-electron chi connectivity index (χ2n) is 8.16. The molecule has 2 aliphatic rings. The fraction of sp³-hybridized carbons (Fsp3) is 0.524. The average Bonchev–Trinajstić information content (AvgIpc) is 3.00. The number of anilines is 2. The lowest BCUT2D eigenvalue weighted by Crippen LogP contribution is -2.51. The quantitative estimate of drug-likeness (QED) is 0.802. The van der Waals surface area contributed by atoms with Crippen molar-refractivity contribution in [2.45, 2.75) is 31.9 Å². The van der Waals surface area contributed by atoms with Crippen LogP contribution < -0.4 is 26.7 Å². The summed E-state index contributed by atoms with van der Waals surface area (Å²) in [6.07, 6.45) is 1.91. The lowest BCUT2D eigenvalue weighted by molar-refractivity contribution is 0.0973. The second-order valence-corrected chi connectivity index (χ2v) is 8.16. The Hall–Kier alpha value is -2.58. The highest BCUT2D eigenvalue weighted by molar-refractivity contribution is 5.74. The zero-order valence-electron chi connectivity index (χ0n) is 17.2. The molecule has 3 heterocycles. The third-order valence-corrected chi connectivity index (χ3v) is 6.56. The van der Waals surface area contributed by atoms with Gasteiger partial charge in [-0.1, -0.05) is 12.1 Å². The molecule has 2 saturated heterocycles. The monoisotopic (exact) mass is 399 g/mol. The smallest absolute Gasteiger partial charge is 0.264 e. The second kappa shape index (κ2) is 7.35. The Morgan fingerprint density at radius 3 is 2.45 bits per heavy atom. The van der Waals surface area contributed by atoms with Crippen LogP contribution in [0.2, 0.25) is 0 Å². The Kier molecular flexibility index (Phi) is 5.00. The van der Waals surface area contributed by atoms with Crippen molar-refractivity contribution in [3.63, 3.8) is 0 Å². The first-order valence-corrected chi connectivity index (χ1v) is 9.99. The minimum atomic E-state index is -0.160. The fourth-order valence-electron chi connectivity index (χ4n) is 4.54. The number of benzene rings is 1. The highest BCUT2D eigenvalue weighted by Gasteiger charge is 2.47. The molecule has 2 aromatic rings. The number of piperidine rings is 1. The fourth-order valence-corrected chi connectivity index (χ4v) is 4.54. The zero-order chi connectivity index (χ0) is 20.8. The Balaban J connectivity index is 1.61. The van der Waals surface area contributed by atoms with Gasteiger partial charge >= 0.3 is 0 Å². The molecule has 156 valence electrons. The van der Waals surface area contributed by atoms with Crippen LogP contribution in [0, 0.1) is 5.41 Å². The van der Waals surface area contributed by atoms with Crippen molar-refractivity contribution in [2.24, 2.45) is 18.2 Å². The van der Waals surface area contributed by atoms with Crippen molar-refractivity contribution in [2.75, 3.05) is 37.4 Å². The standard InChI is InChI=1S/C21H29N5O3/c1-13-17(22)21(12-29-13)8-10-26(11-9-21)20-24-18(23)16(19(27)25(20)2)14-4-6-15(28-3)7-5-14/h4-7,13,17H,8-12,22-23H2,1-3H3/t13-,17+/m0/s1. The van der Waals surface area contributed by atoms with Crippen LogP contribution in [0.5, 0.6) is 5.75 Å². The molecule has 0 radical (unpaired) electrons. The van der Waals surface area contributed by atoms with Gasteiger partial charge in [0, 0.05) is 31.6 Å². The van der Waals surface area contributed by atoms with E-state index >= 15 is 0 Å². The van der Waals surface area contributed by atoms with Crippen molar-refractivity contribution in [3.8, 4) is 16.9 Å². The predicted molar refractivity (Wildman–Crippen MR) is 113 cm³/mol. The van der Waals surface area contributed by atoms with Crippen LogP contribution in [-0.2, 0) is 11.8 Å². The first-order valence-electron chi connectivity index (χ1n) is 9.99. The van der Waals surface area contributed by atoms with Crippen LogP contribution in [0.1, 0.15) is 19.8 Å². The Morgan fingerprint density at radius 2 is 1.90 bits per heavy atom. The lowest BCUT2D eigenvalue weighted by Gasteiger charge is -2.41. The third kappa shape index (κ3) is 3.26. The largest absolute Gasteiger partial charge is 0.497 e. The van der Waals surface area contributed by atoms with Crippen LogP contribution in [0.3, 0.4) is 0 Å². The number of nitrogens with two attached hydrogens (primary N) is 2.